The molecule has 0 saturated carbocycles. The molecule has 0 radical (unpaired) electrons. The first-order chi connectivity index (χ1) is 14.4. The van der Waals surface area contributed by atoms with Gasteiger partial charge in [-0.1, -0.05) is 12.1 Å². The third kappa shape index (κ3) is 3.80. The second kappa shape index (κ2) is 7.82. The highest BCUT2D eigenvalue weighted by molar-refractivity contribution is 5.83. The smallest absolute Gasteiger partial charge is 0.433 e. The van der Waals surface area contributed by atoms with Gasteiger partial charge in [0.1, 0.15) is 10.7 Å². The molecule has 8 heteroatoms. The first-order valence-corrected chi connectivity index (χ1v) is 9.33. The van der Waals surface area contributed by atoms with Crippen molar-refractivity contribution < 1.29 is 14.1 Å². The van der Waals surface area contributed by atoms with Gasteiger partial charge in [0.05, 0.1) is 37.0 Å². The Balaban J connectivity index is 1.78. The van der Waals surface area contributed by atoms with Gasteiger partial charge in [-0.2, -0.15) is 0 Å². The van der Waals surface area contributed by atoms with Gasteiger partial charge in [-0.15, -0.1) is 0 Å². The third-order valence-electron chi connectivity index (χ3n) is 4.92. The SMILES string of the molecule is COc1cccc(Cn2c(/N=C/c3ccc([N+](=O)[O-])o3)nc3cc(C)c(C)cc32)c1. The number of fused-ring (bicyclic) bond motifs is 1. The highest BCUT2D eigenvalue weighted by atomic mass is 16.6. The molecule has 0 saturated heterocycles. The van der Waals surface area contributed by atoms with E-state index in [1.165, 1.54) is 18.3 Å². The molecule has 0 unspecified atom stereocenters. The molecule has 0 bridgehead atoms. The molecule has 2 aromatic carbocycles. The standard InChI is InChI=1S/C22H20N4O4/c1-14-9-19-20(10-15(14)2)25(13-16-5-4-6-17(11-16)29-3)22(24-19)23-12-18-7-8-21(30-18)26(27)28/h4-12H,13H2,1-3H3/b23-12+. The number of nitro groups is 1. The molecule has 0 spiro atoms. The van der Waals surface area contributed by atoms with Gasteiger partial charge in [-0.25, -0.2) is 9.98 Å². The summed E-state index contributed by atoms with van der Waals surface area (Å²) in [7, 11) is 1.64. The van der Waals surface area contributed by atoms with Crippen LogP contribution < -0.4 is 4.74 Å². The van der Waals surface area contributed by atoms with Gasteiger partial charge in [0, 0.05) is 0 Å². The van der Waals surface area contributed by atoms with Crippen molar-refractivity contribution in [2.75, 3.05) is 7.11 Å². The van der Waals surface area contributed by atoms with E-state index >= 15 is 0 Å². The quantitative estimate of drug-likeness (QED) is 0.257. The van der Waals surface area contributed by atoms with Gasteiger partial charge in [-0.3, -0.25) is 10.1 Å². The second-order valence-electron chi connectivity index (χ2n) is 6.97. The molecular weight excluding hydrogens is 384 g/mol. The molecule has 0 aliphatic heterocycles. The summed E-state index contributed by atoms with van der Waals surface area (Å²) in [6.07, 6.45) is 1.44. The fraction of sp³-hybridized carbons (Fsp3) is 0.182. The zero-order valence-electron chi connectivity index (χ0n) is 16.8. The van der Waals surface area contributed by atoms with Crippen molar-refractivity contribution in [2.45, 2.75) is 20.4 Å². The molecule has 0 amide bonds. The number of imidazole rings is 1. The summed E-state index contributed by atoms with van der Waals surface area (Å²) in [5, 5.41) is 10.8. The van der Waals surface area contributed by atoms with E-state index in [2.05, 4.69) is 23.0 Å². The minimum atomic E-state index is -0.582. The summed E-state index contributed by atoms with van der Waals surface area (Å²) < 4.78 is 12.5. The van der Waals surface area contributed by atoms with Gasteiger partial charge in [0.15, 0.2) is 5.76 Å². The van der Waals surface area contributed by atoms with E-state index in [4.69, 9.17) is 9.15 Å². The molecule has 30 heavy (non-hydrogen) atoms. The lowest BCUT2D eigenvalue weighted by molar-refractivity contribution is -0.402. The highest BCUT2D eigenvalue weighted by Gasteiger charge is 2.14. The number of hydrogen-bond donors (Lipinski definition) is 0. The number of aryl methyl sites for hydroxylation is 2. The van der Waals surface area contributed by atoms with Crippen molar-refractivity contribution in [1.82, 2.24) is 9.55 Å². The molecule has 4 rings (SSSR count). The summed E-state index contributed by atoms with van der Waals surface area (Å²) in [5.41, 5.74) is 5.13. The van der Waals surface area contributed by atoms with Crippen LogP contribution in [0.3, 0.4) is 0 Å². The summed E-state index contributed by atoms with van der Waals surface area (Å²) in [6.45, 7) is 4.64. The third-order valence-corrected chi connectivity index (χ3v) is 4.92. The van der Waals surface area contributed by atoms with Crippen LogP contribution in [-0.4, -0.2) is 27.8 Å². The van der Waals surface area contributed by atoms with E-state index in [1.807, 2.05) is 41.8 Å². The molecule has 152 valence electrons. The van der Waals surface area contributed by atoms with Gasteiger partial charge in [-0.05, 0) is 60.9 Å². The van der Waals surface area contributed by atoms with E-state index in [0.717, 1.165) is 33.5 Å². The molecular formula is C22H20N4O4. The monoisotopic (exact) mass is 404 g/mol. The van der Waals surface area contributed by atoms with Crippen molar-refractivity contribution in [3.8, 4) is 5.75 Å². The van der Waals surface area contributed by atoms with E-state index in [0.29, 0.717) is 12.5 Å². The number of hydrogen-bond acceptors (Lipinski definition) is 6. The largest absolute Gasteiger partial charge is 0.497 e. The van der Waals surface area contributed by atoms with Gasteiger partial charge >= 0.3 is 5.88 Å². The predicted octanol–water partition coefficient (Wildman–Crippen LogP) is 4.96. The van der Waals surface area contributed by atoms with Crippen molar-refractivity contribution in [1.29, 1.82) is 0 Å². The molecule has 0 aliphatic rings. The zero-order valence-corrected chi connectivity index (χ0v) is 16.8. The van der Waals surface area contributed by atoms with Gasteiger partial charge < -0.3 is 13.7 Å². The van der Waals surface area contributed by atoms with Crippen LogP contribution in [0.15, 0.2) is 57.9 Å². The number of aromatic nitrogens is 2. The average Bonchev–Trinajstić information content (AvgIpc) is 3.33. The van der Waals surface area contributed by atoms with Crippen LogP contribution in [-0.2, 0) is 6.54 Å². The summed E-state index contributed by atoms with van der Waals surface area (Å²) in [4.78, 5) is 19.4. The highest BCUT2D eigenvalue weighted by Crippen LogP contribution is 2.27. The van der Waals surface area contributed by atoms with Crippen molar-refractivity contribution in [2.24, 2.45) is 4.99 Å². The minimum Gasteiger partial charge on any atom is -0.497 e. The number of furan rings is 1. The van der Waals surface area contributed by atoms with Crippen LogP contribution in [0, 0.1) is 24.0 Å². The topological polar surface area (TPSA) is 95.7 Å². The molecule has 0 fully saturated rings. The van der Waals surface area contributed by atoms with Gasteiger partial charge in [0.25, 0.3) is 0 Å². The Hall–Kier alpha value is -3.94. The first-order valence-electron chi connectivity index (χ1n) is 9.33. The lowest BCUT2D eigenvalue weighted by Crippen LogP contribution is -2.00. The van der Waals surface area contributed by atoms with E-state index < -0.39 is 4.92 Å². The van der Waals surface area contributed by atoms with E-state index in [-0.39, 0.29) is 11.6 Å². The molecule has 0 atom stereocenters. The number of benzene rings is 2. The Morgan fingerprint density at radius 2 is 2.00 bits per heavy atom. The number of rotatable bonds is 6. The van der Waals surface area contributed by atoms with E-state index in [9.17, 15) is 10.1 Å². The second-order valence-corrected chi connectivity index (χ2v) is 6.97. The normalized spacial score (nSPS) is 11.4. The lowest BCUT2D eigenvalue weighted by atomic mass is 10.1. The Morgan fingerprint density at radius 1 is 1.20 bits per heavy atom. The number of ether oxygens (including phenoxy) is 1. The Morgan fingerprint density at radius 3 is 2.73 bits per heavy atom. The fourth-order valence-electron chi connectivity index (χ4n) is 3.21. The molecule has 0 aliphatic carbocycles. The number of methoxy groups -OCH3 is 1. The predicted molar refractivity (Wildman–Crippen MR) is 114 cm³/mol. The van der Waals surface area contributed by atoms with Crippen molar-refractivity contribution in [3.63, 3.8) is 0 Å². The maximum absolute atomic E-state index is 10.8. The fourth-order valence-corrected chi connectivity index (χ4v) is 3.21. The van der Waals surface area contributed by atoms with E-state index in [1.54, 1.807) is 7.11 Å². The summed E-state index contributed by atoms with van der Waals surface area (Å²) in [5.74, 6) is 1.22. The average molecular weight is 404 g/mol. The van der Waals surface area contributed by atoms with Crippen LogP contribution >= 0.6 is 0 Å². The Labute approximate surface area is 172 Å². The van der Waals surface area contributed by atoms with Gasteiger partial charge in [0.2, 0.25) is 5.95 Å². The maximum Gasteiger partial charge on any atom is 0.433 e. The number of aliphatic imine (C=N–C) groups is 1. The maximum atomic E-state index is 10.8. The van der Waals surface area contributed by atoms with Crippen LogP contribution in [0.2, 0.25) is 0 Å². The van der Waals surface area contributed by atoms with Crippen molar-refractivity contribution in [3.05, 3.63) is 81.1 Å². The first kappa shape index (κ1) is 19.4. The van der Waals surface area contributed by atoms with Crippen molar-refractivity contribution >= 4 is 29.1 Å². The minimum absolute atomic E-state index is 0.286. The summed E-state index contributed by atoms with van der Waals surface area (Å²) in [6, 6.07) is 14.7. The van der Waals surface area contributed by atoms with Crippen LogP contribution in [0.5, 0.6) is 5.75 Å². The molecule has 4 aromatic rings. The number of nitrogens with zero attached hydrogens (tertiary/aromatic N) is 4. The lowest BCUT2D eigenvalue weighted by Gasteiger charge is -2.09. The Kier molecular flexibility index (Phi) is 5.05. The molecule has 8 nitrogen and oxygen atoms in total. The Bertz CT molecular complexity index is 1270. The molecule has 0 N–H and O–H groups in total. The summed E-state index contributed by atoms with van der Waals surface area (Å²) >= 11 is 0. The zero-order chi connectivity index (χ0) is 21.3. The molecule has 2 heterocycles. The van der Waals surface area contributed by atoms with Crippen LogP contribution in [0.4, 0.5) is 11.8 Å². The van der Waals surface area contributed by atoms with Crippen LogP contribution in [0.1, 0.15) is 22.5 Å². The molecule has 2 aromatic heterocycles. The van der Waals surface area contributed by atoms with Crippen LogP contribution in [0.25, 0.3) is 11.0 Å².